The van der Waals surface area contributed by atoms with Crippen LogP contribution in [0.4, 0.5) is 5.82 Å². The Morgan fingerprint density at radius 2 is 1.86 bits per heavy atom. The summed E-state index contributed by atoms with van der Waals surface area (Å²) < 4.78 is 0. The number of hydrogen-bond acceptors (Lipinski definition) is 6. The van der Waals surface area contributed by atoms with E-state index < -0.39 is 5.60 Å². The molecule has 2 aromatic heterocycles. The fourth-order valence-electron chi connectivity index (χ4n) is 2.62. The topological polar surface area (TPSA) is 85.9 Å². The standard InChI is InChI=1S/C15H15N5O/c16-11-12-14(19-8-7-17-12)20-9-4-15(21,5-10-20)13-3-1-2-6-18-13/h1-3,6-8,21H,4-5,9-10H2. The highest BCUT2D eigenvalue weighted by Gasteiger charge is 2.36. The van der Waals surface area contributed by atoms with Gasteiger partial charge in [-0.1, -0.05) is 6.07 Å². The number of aromatic nitrogens is 3. The van der Waals surface area contributed by atoms with E-state index in [1.54, 1.807) is 12.4 Å². The lowest BCUT2D eigenvalue weighted by atomic mass is 9.87. The van der Waals surface area contributed by atoms with Gasteiger partial charge in [-0.3, -0.25) is 4.98 Å². The van der Waals surface area contributed by atoms with E-state index in [0.717, 1.165) is 0 Å². The zero-order chi connectivity index (χ0) is 14.7. The van der Waals surface area contributed by atoms with E-state index in [9.17, 15) is 5.11 Å². The summed E-state index contributed by atoms with van der Waals surface area (Å²) in [5.41, 5.74) is 0.109. The second kappa shape index (κ2) is 5.46. The van der Waals surface area contributed by atoms with E-state index >= 15 is 0 Å². The summed E-state index contributed by atoms with van der Waals surface area (Å²) >= 11 is 0. The van der Waals surface area contributed by atoms with Crippen molar-refractivity contribution in [1.29, 1.82) is 5.26 Å². The second-order valence-corrected chi connectivity index (χ2v) is 5.07. The molecule has 1 aliphatic rings. The molecule has 1 N–H and O–H groups in total. The maximum atomic E-state index is 10.7. The molecule has 0 unspecified atom stereocenters. The molecule has 0 saturated carbocycles. The fourth-order valence-corrected chi connectivity index (χ4v) is 2.62. The molecule has 0 atom stereocenters. The van der Waals surface area contributed by atoms with Gasteiger partial charge in [0.25, 0.3) is 0 Å². The van der Waals surface area contributed by atoms with E-state index in [2.05, 4.69) is 21.0 Å². The van der Waals surface area contributed by atoms with Crippen LogP contribution in [0.1, 0.15) is 24.2 Å². The summed E-state index contributed by atoms with van der Waals surface area (Å²) in [5.74, 6) is 0.586. The Morgan fingerprint density at radius 3 is 2.52 bits per heavy atom. The van der Waals surface area contributed by atoms with Crippen LogP contribution in [0.5, 0.6) is 0 Å². The van der Waals surface area contributed by atoms with Crippen molar-refractivity contribution in [2.24, 2.45) is 0 Å². The van der Waals surface area contributed by atoms with Crippen molar-refractivity contribution in [3.05, 3.63) is 48.2 Å². The number of piperidine rings is 1. The lowest BCUT2D eigenvalue weighted by Gasteiger charge is -2.38. The summed E-state index contributed by atoms with van der Waals surface area (Å²) in [7, 11) is 0. The summed E-state index contributed by atoms with van der Waals surface area (Å²) in [6.45, 7) is 1.22. The van der Waals surface area contributed by atoms with Crippen molar-refractivity contribution in [2.75, 3.05) is 18.0 Å². The Morgan fingerprint density at radius 1 is 1.10 bits per heavy atom. The highest BCUT2D eigenvalue weighted by molar-refractivity contribution is 5.50. The van der Waals surface area contributed by atoms with Crippen LogP contribution in [-0.2, 0) is 5.60 Å². The minimum atomic E-state index is -0.910. The minimum Gasteiger partial charge on any atom is -0.383 e. The molecule has 3 rings (SSSR count). The average Bonchev–Trinajstić information content (AvgIpc) is 2.56. The molecule has 106 valence electrons. The smallest absolute Gasteiger partial charge is 0.183 e. The van der Waals surface area contributed by atoms with Gasteiger partial charge < -0.3 is 10.0 Å². The second-order valence-electron chi connectivity index (χ2n) is 5.07. The van der Waals surface area contributed by atoms with E-state index in [4.69, 9.17) is 5.26 Å². The summed E-state index contributed by atoms with van der Waals surface area (Å²) in [6.07, 6.45) is 5.87. The normalized spacial score (nSPS) is 17.2. The van der Waals surface area contributed by atoms with Crippen LogP contribution in [0, 0.1) is 11.3 Å². The van der Waals surface area contributed by atoms with Gasteiger partial charge in [-0.25, -0.2) is 9.97 Å². The third-order valence-corrected chi connectivity index (χ3v) is 3.82. The van der Waals surface area contributed by atoms with Gasteiger partial charge in [-0.15, -0.1) is 0 Å². The Bertz CT molecular complexity index is 659. The summed E-state index contributed by atoms with van der Waals surface area (Å²) in [6, 6.07) is 7.61. The van der Waals surface area contributed by atoms with Crippen LogP contribution >= 0.6 is 0 Å². The van der Waals surface area contributed by atoms with E-state index in [1.165, 1.54) is 6.20 Å². The first-order chi connectivity index (χ1) is 10.2. The van der Waals surface area contributed by atoms with Gasteiger partial charge in [-0.2, -0.15) is 5.26 Å². The van der Waals surface area contributed by atoms with E-state index in [-0.39, 0.29) is 0 Å². The van der Waals surface area contributed by atoms with Gasteiger partial charge in [0.05, 0.1) is 5.69 Å². The maximum Gasteiger partial charge on any atom is 0.183 e. The SMILES string of the molecule is N#Cc1nccnc1N1CCC(O)(c2ccccn2)CC1. The number of hydrogen-bond donors (Lipinski definition) is 1. The lowest BCUT2D eigenvalue weighted by molar-refractivity contribution is 0.00748. The molecule has 0 aromatic carbocycles. The highest BCUT2D eigenvalue weighted by atomic mass is 16.3. The van der Waals surface area contributed by atoms with Crippen LogP contribution in [0.3, 0.4) is 0 Å². The third kappa shape index (κ3) is 2.56. The Labute approximate surface area is 122 Å². The van der Waals surface area contributed by atoms with Crippen molar-refractivity contribution >= 4 is 5.82 Å². The van der Waals surface area contributed by atoms with Gasteiger partial charge >= 0.3 is 0 Å². The predicted octanol–water partition coefficient (Wildman–Crippen LogP) is 1.23. The van der Waals surface area contributed by atoms with E-state index in [0.29, 0.717) is 43.1 Å². The Hall–Kier alpha value is -2.52. The first-order valence-corrected chi connectivity index (χ1v) is 6.83. The molecule has 21 heavy (non-hydrogen) atoms. The highest BCUT2D eigenvalue weighted by Crippen LogP contribution is 2.33. The zero-order valence-electron chi connectivity index (χ0n) is 11.5. The van der Waals surface area contributed by atoms with Crippen LogP contribution in [0.2, 0.25) is 0 Å². The number of nitriles is 1. The lowest BCUT2D eigenvalue weighted by Crippen LogP contribution is -2.43. The minimum absolute atomic E-state index is 0.320. The number of aliphatic hydroxyl groups is 1. The first-order valence-electron chi connectivity index (χ1n) is 6.83. The molecule has 1 saturated heterocycles. The number of rotatable bonds is 2. The van der Waals surface area contributed by atoms with Crippen molar-refractivity contribution in [3.63, 3.8) is 0 Å². The van der Waals surface area contributed by atoms with Gasteiger partial charge in [0.1, 0.15) is 11.7 Å². The molecule has 0 radical (unpaired) electrons. The number of pyridine rings is 1. The molecule has 3 heterocycles. The molecule has 1 aliphatic heterocycles. The number of nitrogens with zero attached hydrogens (tertiary/aromatic N) is 5. The summed E-state index contributed by atoms with van der Waals surface area (Å²) in [4.78, 5) is 14.5. The van der Waals surface area contributed by atoms with Crippen LogP contribution < -0.4 is 4.90 Å². The monoisotopic (exact) mass is 281 g/mol. The third-order valence-electron chi connectivity index (χ3n) is 3.82. The summed E-state index contributed by atoms with van der Waals surface area (Å²) in [5, 5.41) is 19.8. The van der Waals surface area contributed by atoms with Crippen molar-refractivity contribution < 1.29 is 5.11 Å². The molecule has 0 bridgehead atoms. The van der Waals surface area contributed by atoms with Gasteiger partial charge in [-0.05, 0) is 25.0 Å². The molecule has 0 spiro atoms. The van der Waals surface area contributed by atoms with Crippen molar-refractivity contribution in [2.45, 2.75) is 18.4 Å². The molecular weight excluding hydrogens is 266 g/mol. The van der Waals surface area contributed by atoms with Gasteiger partial charge in [0.15, 0.2) is 11.5 Å². The average molecular weight is 281 g/mol. The number of anilines is 1. The largest absolute Gasteiger partial charge is 0.383 e. The molecule has 2 aromatic rings. The van der Waals surface area contributed by atoms with Crippen LogP contribution in [-0.4, -0.2) is 33.1 Å². The van der Waals surface area contributed by atoms with Crippen LogP contribution in [0.15, 0.2) is 36.8 Å². The molecule has 0 aliphatic carbocycles. The Kier molecular flexibility index (Phi) is 3.50. The quantitative estimate of drug-likeness (QED) is 0.891. The van der Waals surface area contributed by atoms with Crippen molar-refractivity contribution in [1.82, 2.24) is 15.0 Å². The first kappa shape index (κ1) is 13.5. The maximum absolute atomic E-state index is 10.7. The molecule has 1 fully saturated rings. The molecule has 6 heteroatoms. The Balaban J connectivity index is 1.78. The van der Waals surface area contributed by atoms with E-state index in [1.807, 2.05) is 23.1 Å². The fraction of sp³-hybridized carbons (Fsp3) is 0.333. The molecule has 0 amide bonds. The predicted molar refractivity (Wildman–Crippen MR) is 76.3 cm³/mol. The van der Waals surface area contributed by atoms with Gasteiger partial charge in [0.2, 0.25) is 0 Å². The van der Waals surface area contributed by atoms with Crippen LogP contribution in [0.25, 0.3) is 0 Å². The molecule has 6 nitrogen and oxygen atoms in total. The van der Waals surface area contributed by atoms with Crippen molar-refractivity contribution in [3.8, 4) is 6.07 Å². The zero-order valence-corrected chi connectivity index (χ0v) is 11.5. The molecular formula is C15H15N5O. The van der Waals surface area contributed by atoms with Gasteiger partial charge in [0, 0.05) is 31.7 Å².